The fraction of sp³-hybridized carbons (Fsp3) is 0.108. The van der Waals surface area contributed by atoms with Crippen molar-refractivity contribution >= 4 is 21.8 Å². The number of hydrogen-bond acceptors (Lipinski definition) is 0. The van der Waals surface area contributed by atoms with E-state index in [9.17, 15) is 0 Å². The molecule has 39 heavy (non-hydrogen) atoms. The van der Waals surface area contributed by atoms with Crippen LogP contribution in [0.1, 0.15) is 23.6 Å². The second kappa shape index (κ2) is 10.0. The third-order valence-electron chi connectivity index (χ3n) is 7.34. The average Bonchev–Trinajstić information content (AvgIpc) is 3.27. The van der Waals surface area contributed by atoms with E-state index >= 15 is 0 Å². The van der Waals surface area contributed by atoms with Crippen LogP contribution in [0.15, 0.2) is 103 Å². The third kappa shape index (κ3) is 4.48. The number of aryl methyl sites for hydroxylation is 3. The van der Waals surface area contributed by atoms with Crippen molar-refractivity contribution in [2.75, 3.05) is 0 Å². The van der Waals surface area contributed by atoms with E-state index in [-0.39, 0.29) is 0 Å². The lowest BCUT2D eigenvalue weighted by Crippen LogP contribution is -2.30. The Morgan fingerprint density at radius 3 is 2.21 bits per heavy atom. The largest absolute Gasteiger partial charge is 0.309 e. The SMILES string of the molecule is CC#CC#Cc1ccc2c(c1)c1cc(C)ccc1n2-c1ccc(-c2ccc(C)c(-c3cccc[n+]3C)c2)cc1. The van der Waals surface area contributed by atoms with Crippen LogP contribution in [0.5, 0.6) is 0 Å². The van der Waals surface area contributed by atoms with Crippen LogP contribution >= 0.6 is 0 Å². The molecular weight excluding hydrogens is 472 g/mol. The molecule has 4 aromatic carbocycles. The van der Waals surface area contributed by atoms with Gasteiger partial charge in [0.2, 0.25) is 5.69 Å². The normalized spacial score (nSPS) is 10.7. The molecule has 0 spiro atoms. The summed E-state index contributed by atoms with van der Waals surface area (Å²) in [5, 5.41) is 2.44. The van der Waals surface area contributed by atoms with Gasteiger partial charge in [-0.15, -0.1) is 0 Å². The summed E-state index contributed by atoms with van der Waals surface area (Å²) < 4.78 is 4.52. The van der Waals surface area contributed by atoms with Crippen molar-refractivity contribution in [1.82, 2.24) is 4.57 Å². The number of benzene rings is 4. The van der Waals surface area contributed by atoms with Crippen molar-refractivity contribution in [3.05, 3.63) is 120 Å². The molecule has 2 heterocycles. The summed E-state index contributed by atoms with van der Waals surface area (Å²) in [4.78, 5) is 0. The minimum Gasteiger partial charge on any atom is -0.309 e. The Kier molecular flexibility index (Phi) is 6.24. The fourth-order valence-corrected chi connectivity index (χ4v) is 5.34. The summed E-state index contributed by atoms with van der Waals surface area (Å²) in [7, 11) is 2.10. The molecule has 6 aromatic rings. The van der Waals surface area contributed by atoms with Gasteiger partial charge in [-0.25, -0.2) is 4.57 Å². The lowest BCUT2D eigenvalue weighted by molar-refractivity contribution is -0.660. The number of nitrogens with zero attached hydrogens (tertiary/aromatic N) is 2. The van der Waals surface area contributed by atoms with E-state index in [1.807, 2.05) is 0 Å². The predicted octanol–water partition coefficient (Wildman–Crippen LogP) is 7.93. The highest BCUT2D eigenvalue weighted by Gasteiger charge is 2.15. The molecule has 2 nitrogen and oxygen atoms in total. The molecule has 186 valence electrons. The summed E-state index contributed by atoms with van der Waals surface area (Å²) in [5.41, 5.74) is 11.9. The number of fused-ring (bicyclic) bond motifs is 3. The maximum Gasteiger partial charge on any atom is 0.212 e. The second-order valence-corrected chi connectivity index (χ2v) is 9.99. The summed E-state index contributed by atoms with van der Waals surface area (Å²) >= 11 is 0. The molecule has 0 aliphatic rings. The van der Waals surface area contributed by atoms with Gasteiger partial charge in [-0.1, -0.05) is 47.7 Å². The first-order chi connectivity index (χ1) is 19.0. The van der Waals surface area contributed by atoms with Crippen LogP contribution in [0.2, 0.25) is 0 Å². The van der Waals surface area contributed by atoms with Gasteiger partial charge in [-0.2, -0.15) is 0 Å². The first kappa shape index (κ1) is 24.3. The zero-order chi connectivity index (χ0) is 26.9. The van der Waals surface area contributed by atoms with Gasteiger partial charge in [0.15, 0.2) is 6.20 Å². The smallest absolute Gasteiger partial charge is 0.212 e. The Hall–Kier alpha value is -5.05. The van der Waals surface area contributed by atoms with E-state index in [0.29, 0.717) is 0 Å². The number of aromatic nitrogens is 2. The van der Waals surface area contributed by atoms with Crippen LogP contribution in [0.25, 0.3) is 49.9 Å². The van der Waals surface area contributed by atoms with Gasteiger partial charge < -0.3 is 4.57 Å². The van der Waals surface area contributed by atoms with Crippen LogP contribution < -0.4 is 4.57 Å². The molecule has 0 aliphatic carbocycles. The maximum absolute atomic E-state index is 3.18. The fourth-order valence-electron chi connectivity index (χ4n) is 5.34. The number of pyridine rings is 1. The topological polar surface area (TPSA) is 8.81 Å². The highest BCUT2D eigenvalue weighted by Crippen LogP contribution is 2.34. The quantitative estimate of drug-likeness (QED) is 0.172. The molecular formula is C37H29N2+. The van der Waals surface area contributed by atoms with Crippen molar-refractivity contribution in [2.24, 2.45) is 7.05 Å². The standard InChI is InChI=1S/C37H29N2/c1-5-6-7-10-28-14-21-37-34(24-28)33-23-26(2)12-20-36(33)39(37)31-18-16-29(17-19-31)30-15-13-27(3)32(25-30)35-11-8-9-22-38(35)4/h8-9,11-25H,1-4H3/q+1. The van der Waals surface area contributed by atoms with Gasteiger partial charge in [-0.05, 0) is 104 Å². The van der Waals surface area contributed by atoms with Crippen molar-refractivity contribution < 1.29 is 4.57 Å². The Balaban J connectivity index is 1.45. The van der Waals surface area contributed by atoms with E-state index < -0.39 is 0 Å². The summed E-state index contributed by atoms with van der Waals surface area (Å²) in [6.07, 6.45) is 2.10. The Morgan fingerprint density at radius 2 is 1.44 bits per heavy atom. The van der Waals surface area contributed by atoms with Gasteiger partial charge in [-0.3, -0.25) is 0 Å². The molecule has 0 radical (unpaired) electrons. The Morgan fingerprint density at radius 1 is 0.692 bits per heavy atom. The van der Waals surface area contributed by atoms with Crippen LogP contribution in [0, 0.1) is 37.5 Å². The second-order valence-electron chi connectivity index (χ2n) is 9.99. The first-order valence-electron chi connectivity index (χ1n) is 13.2. The van der Waals surface area contributed by atoms with Gasteiger partial charge in [0.25, 0.3) is 0 Å². The summed E-state index contributed by atoms with van der Waals surface area (Å²) in [6, 6.07) is 35.1. The van der Waals surface area contributed by atoms with Crippen LogP contribution in [-0.4, -0.2) is 4.57 Å². The van der Waals surface area contributed by atoms with Gasteiger partial charge in [0.1, 0.15) is 7.05 Å². The molecule has 0 saturated carbocycles. The highest BCUT2D eigenvalue weighted by atomic mass is 15.0. The highest BCUT2D eigenvalue weighted by molar-refractivity contribution is 6.10. The minimum absolute atomic E-state index is 0.975. The zero-order valence-electron chi connectivity index (χ0n) is 22.7. The molecule has 2 heteroatoms. The first-order valence-corrected chi connectivity index (χ1v) is 13.2. The summed E-state index contributed by atoms with van der Waals surface area (Å²) in [5.74, 6) is 11.8. The summed E-state index contributed by atoms with van der Waals surface area (Å²) in [6.45, 7) is 6.12. The lowest BCUT2D eigenvalue weighted by Gasteiger charge is -2.11. The van der Waals surface area contributed by atoms with E-state index in [2.05, 4.69) is 157 Å². The Labute approximate surface area is 230 Å². The van der Waals surface area contributed by atoms with E-state index in [0.717, 1.165) is 11.3 Å². The van der Waals surface area contributed by atoms with Crippen molar-refractivity contribution in [1.29, 1.82) is 0 Å². The number of hydrogen-bond donors (Lipinski definition) is 0. The van der Waals surface area contributed by atoms with Crippen LogP contribution in [0.3, 0.4) is 0 Å². The van der Waals surface area contributed by atoms with E-state index in [1.54, 1.807) is 6.92 Å². The molecule has 0 bridgehead atoms. The molecule has 0 N–H and O–H groups in total. The van der Waals surface area contributed by atoms with Crippen molar-refractivity contribution in [2.45, 2.75) is 20.8 Å². The molecule has 2 aromatic heterocycles. The maximum atomic E-state index is 3.18. The zero-order valence-corrected chi connectivity index (χ0v) is 22.7. The lowest BCUT2D eigenvalue weighted by atomic mass is 9.97. The predicted molar refractivity (Wildman–Crippen MR) is 163 cm³/mol. The Bertz CT molecular complexity index is 2000. The molecule has 0 unspecified atom stereocenters. The monoisotopic (exact) mass is 501 g/mol. The molecule has 0 atom stereocenters. The van der Waals surface area contributed by atoms with E-state index in [4.69, 9.17) is 0 Å². The molecule has 6 rings (SSSR count). The molecule has 0 saturated heterocycles. The van der Waals surface area contributed by atoms with Crippen molar-refractivity contribution in [3.63, 3.8) is 0 Å². The van der Waals surface area contributed by atoms with Crippen LogP contribution in [-0.2, 0) is 7.05 Å². The van der Waals surface area contributed by atoms with Gasteiger partial charge in [0.05, 0.1) is 11.0 Å². The van der Waals surface area contributed by atoms with Gasteiger partial charge in [0, 0.05) is 39.7 Å². The minimum atomic E-state index is 0.975. The van der Waals surface area contributed by atoms with Crippen LogP contribution in [0.4, 0.5) is 0 Å². The third-order valence-corrected chi connectivity index (χ3v) is 7.34. The number of rotatable bonds is 3. The molecule has 0 fully saturated rings. The van der Waals surface area contributed by atoms with Crippen molar-refractivity contribution in [3.8, 4) is 51.8 Å². The van der Waals surface area contributed by atoms with Gasteiger partial charge >= 0.3 is 0 Å². The average molecular weight is 502 g/mol. The molecule has 0 amide bonds. The van der Waals surface area contributed by atoms with E-state index in [1.165, 1.54) is 55.3 Å². The molecule has 0 aliphatic heterocycles.